The van der Waals surface area contributed by atoms with Crippen LogP contribution in [0.2, 0.25) is 0 Å². The second-order valence-electron chi connectivity index (χ2n) is 16.3. The van der Waals surface area contributed by atoms with Gasteiger partial charge < -0.3 is 29.9 Å². The lowest BCUT2D eigenvalue weighted by Gasteiger charge is -2.27. The van der Waals surface area contributed by atoms with Crippen LogP contribution >= 0.6 is 0 Å². The molecule has 52 heavy (non-hydrogen) atoms. The Labute approximate surface area is 321 Å². The average Bonchev–Trinajstić information content (AvgIpc) is 3.16. The van der Waals surface area contributed by atoms with Crippen LogP contribution in [0.15, 0.2) is 24.3 Å². The molecule has 0 fully saturated rings. The van der Waals surface area contributed by atoms with Crippen LogP contribution in [-0.4, -0.2) is 59.1 Å². The molecule has 0 saturated heterocycles. The monoisotopic (exact) mass is 735 g/mol. The topological polar surface area (TPSA) is 99.4 Å². The van der Waals surface area contributed by atoms with Gasteiger partial charge in [-0.15, -0.1) is 0 Å². The highest BCUT2D eigenvalue weighted by Crippen LogP contribution is 2.28. The van der Waals surface area contributed by atoms with Gasteiger partial charge in [-0.05, 0) is 86.5 Å². The summed E-state index contributed by atoms with van der Waals surface area (Å²) in [6.07, 6.45) is 32.0. The van der Waals surface area contributed by atoms with Gasteiger partial charge in [0.25, 0.3) is 0 Å². The van der Waals surface area contributed by atoms with Gasteiger partial charge in [0.05, 0.1) is 12.2 Å². The van der Waals surface area contributed by atoms with Crippen molar-refractivity contribution in [2.75, 3.05) is 26.4 Å². The standard InChI is InChI=1S/C46H86O6/c1-5-7-9-11-13-15-17-19-21-23-25-27-45(33-41(37-49)39(3)35-47)51-43-29-31-44(32-30-43)52-46(34-42(38-50)40(4)36-48)28-26-24-22-20-18-16-14-12-10-8-6-2/h29-32,39-42,45-50H,5-28,33-38H2,1-4H3. The summed E-state index contributed by atoms with van der Waals surface area (Å²) >= 11 is 0. The van der Waals surface area contributed by atoms with Gasteiger partial charge in [-0.3, -0.25) is 0 Å². The van der Waals surface area contributed by atoms with Crippen LogP contribution in [0.4, 0.5) is 0 Å². The van der Waals surface area contributed by atoms with E-state index in [2.05, 4.69) is 13.8 Å². The second-order valence-corrected chi connectivity index (χ2v) is 16.3. The molecule has 6 atom stereocenters. The molecule has 0 saturated carbocycles. The molecule has 1 aromatic rings. The van der Waals surface area contributed by atoms with E-state index in [1.54, 1.807) is 0 Å². The molecule has 6 unspecified atom stereocenters. The first-order valence-electron chi connectivity index (χ1n) is 22.3. The summed E-state index contributed by atoms with van der Waals surface area (Å²) < 4.78 is 13.1. The van der Waals surface area contributed by atoms with Crippen molar-refractivity contribution in [3.05, 3.63) is 24.3 Å². The van der Waals surface area contributed by atoms with Gasteiger partial charge in [0.15, 0.2) is 0 Å². The van der Waals surface area contributed by atoms with Crippen molar-refractivity contribution in [3.8, 4) is 11.5 Å². The fourth-order valence-electron chi connectivity index (χ4n) is 7.45. The molecule has 0 aliphatic rings. The number of unbranched alkanes of at least 4 members (excludes halogenated alkanes) is 20. The van der Waals surface area contributed by atoms with E-state index in [0.29, 0.717) is 0 Å². The second kappa shape index (κ2) is 34.2. The molecule has 0 aliphatic heterocycles. The van der Waals surface area contributed by atoms with E-state index in [-0.39, 0.29) is 62.3 Å². The molecule has 1 aromatic carbocycles. The van der Waals surface area contributed by atoms with E-state index >= 15 is 0 Å². The number of ether oxygens (including phenoxy) is 2. The third-order valence-corrected chi connectivity index (χ3v) is 11.5. The zero-order chi connectivity index (χ0) is 38.1. The Balaban J connectivity index is 2.70. The molecule has 0 aromatic heterocycles. The van der Waals surface area contributed by atoms with E-state index in [1.807, 2.05) is 38.1 Å². The Hall–Kier alpha value is -1.34. The minimum atomic E-state index is -0.0180. The molecule has 1 rings (SSSR count). The van der Waals surface area contributed by atoms with Crippen molar-refractivity contribution in [1.29, 1.82) is 0 Å². The van der Waals surface area contributed by atoms with Crippen molar-refractivity contribution < 1.29 is 29.9 Å². The molecule has 0 radical (unpaired) electrons. The van der Waals surface area contributed by atoms with Gasteiger partial charge in [0.1, 0.15) is 11.5 Å². The zero-order valence-corrected chi connectivity index (χ0v) is 34.6. The van der Waals surface area contributed by atoms with Gasteiger partial charge in [-0.25, -0.2) is 0 Å². The summed E-state index contributed by atoms with van der Waals surface area (Å²) in [5, 5.41) is 39.8. The SMILES string of the molecule is CCCCCCCCCCCCCC(CC(CO)C(C)CO)Oc1ccc(OC(CCCCCCCCCCCCC)CC(CO)C(C)CO)cc1. The van der Waals surface area contributed by atoms with Crippen LogP contribution < -0.4 is 9.47 Å². The first kappa shape index (κ1) is 48.7. The molecule has 0 amide bonds. The summed E-state index contributed by atoms with van der Waals surface area (Å²) in [6.45, 7) is 8.78. The fraction of sp³-hybridized carbons (Fsp3) is 0.870. The molecular weight excluding hydrogens is 649 g/mol. The smallest absolute Gasteiger partial charge is 0.119 e. The highest BCUT2D eigenvalue weighted by atomic mass is 16.5. The van der Waals surface area contributed by atoms with Gasteiger partial charge in [0.2, 0.25) is 0 Å². The Morgan fingerprint density at radius 2 is 0.673 bits per heavy atom. The van der Waals surface area contributed by atoms with Crippen molar-refractivity contribution in [3.63, 3.8) is 0 Å². The van der Waals surface area contributed by atoms with Crippen LogP contribution in [0.1, 0.15) is 195 Å². The zero-order valence-electron chi connectivity index (χ0n) is 34.6. The molecule has 0 heterocycles. The average molecular weight is 735 g/mol. The lowest BCUT2D eigenvalue weighted by molar-refractivity contribution is 0.0765. The van der Waals surface area contributed by atoms with Crippen LogP contribution in [0.5, 0.6) is 11.5 Å². The Bertz CT molecular complexity index is 807. The normalized spacial score (nSPS) is 15.2. The lowest BCUT2D eigenvalue weighted by atomic mass is 9.88. The fourth-order valence-corrected chi connectivity index (χ4v) is 7.45. The maximum atomic E-state index is 10.1. The van der Waals surface area contributed by atoms with E-state index in [1.165, 1.54) is 128 Å². The highest BCUT2D eigenvalue weighted by Gasteiger charge is 2.24. The van der Waals surface area contributed by atoms with Gasteiger partial charge in [-0.2, -0.15) is 0 Å². The predicted octanol–water partition coefficient (Wildman–Crippen LogP) is 11.8. The molecule has 0 spiro atoms. The maximum absolute atomic E-state index is 10.1. The quantitative estimate of drug-likeness (QED) is 0.0505. The van der Waals surface area contributed by atoms with E-state index < -0.39 is 0 Å². The first-order chi connectivity index (χ1) is 25.4. The highest BCUT2D eigenvalue weighted by molar-refractivity contribution is 5.31. The van der Waals surface area contributed by atoms with Crippen LogP contribution in [0, 0.1) is 23.7 Å². The maximum Gasteiger partial charge on any atom is 0.119 e. The van der Waals surface area contributed by atoms with E-state index in [9.17, 15) is 20.4 Å². The van der Waals surface area contributed by atoms with Gasteiger partial charge in [0, 0.05) is 26.4 Å². The summed E-state index contributed by atoms with van der Waals surface area (Å²) in [4.78, 5) is 0. The van der Waals surface area contributed by atoms with Crippen molar-refractivity contribution >= 4 is 0 Å². The molecule has 0 aliphatic carbocycles. The van der Waals surface area contributed by atoms with Gasteiger partial charge >= 0.3 is 0 Å². The summed E-state index contributed by atoms with van der Waals surface area (Å²) in [5.74, 6) is 1.66. The van der Waals surface area contributed by atoms with Crippen molar-refractivity contribution in [1.82, 2.24) is 0 Å². The Morgan fingerprint density at radius 1 is 0.404 bits per heavy atom. The minimum absolute atomic E-state index is 0.00223. The molecular formula is C46H86O6. The number of rotatable bonds is 38. The van der Waals surface area contributed by atoms with Crippen LogP contribution in [-0.2, 0) is 0 Å². The summed E-state index contributed by atoms with van der Waals surface area (Å²) in [7, 11) is 0. The Kier molecular flexibility index (Phi) is 32.0. The third kappa shape index (κ3) is 24.9. The number of aliphatic hydroxyl groups is 4. The number of aliphatic hydroxyl groups excluding tert-OH is 4. The summed E-state index contributed by atoms with van der Waals surface area (Å²) in [5.41, 5.74) is 0. The van der Waals surface area contributed by atoms with Crippen LogP contribution in [0.3, 0.4) is 0 Å². The third-order valence-electron chi connectivity index (χ3n) is 11.5. The predicted molar refractivity (Wildman–Crippen MR) is 220 cm³/mol. The molecule has 0 bridgehead atoms. The molecule has 4 N–H and O–H groups in total. The number of hydrogen-bond donors (Lipinski definition) is 4. The molecule has 6 nitrogen and oxygen atoms in total. The van der Waals surface area contributed by atoms with E-state index in [4.69, 9.17) is 9.47 Å². The van der Waals surface area contributed by atoms with Gasteiger partial charge in [-0.1, -0.05) is 156 Å². The van der Waals surface area contributed by atoms with Crippen molar-refractivity contribution in [2.24, 2.45) is 23.7 Å². The molecule has 306 valence electrons. The van der Waals surface area contributed by atoms with E-state index in [0.717, 1.165) is 50.0 Å². The number of benzene rings is 1. The van der Waals surface area contributed by atoms with Crippen molar-refractivity contribution in [2.45, 2.75) is 207 Å². The Morgan fingerprint density at radius 3 is 0.923 bits per heavy atom. The first-order valence-corrected chi connectivity index (χ1v) is 22.3. The lowest BCUT2D eigenvalue weighted by Crippen LogP contribution is -2.28. The number of hydrogen-bond acceptors (Lipinski definition) is 6. The minimum Gasteiger partial charge on any atom is -0.490 e. The largest absolute Gasteiger partial charge is 0.490 e. The summed E-state index contributed by atoms with van der Waals surface area (Å²) in [6, 6.07) is 7.97. The van der Waals surface area contributed by atoms with Crippen LogP contribution in [0.25, 0.3) is 0 Å². The molecule has 6 heteroatoms.